The molecule has 0 unspecified atom stereocenters. The topological polar surface area (TPSA) is 14.7 Å². The van der Waals surface area contributed by atoms with Gasteiger partial charge in [-0.1, -0.05) is 18.7 Å². The van der Waals surface area contributed by atoms with Crippen molar-refractivity contribution in [1.82, 2.24) is 9.47 Å². The van der Waals surface area contributed by atoms with Gasteiger partial charge >= 0.3 is 0 Å². The highest BCUT2D eigenvalue weighted by atomic mass is 15.2. The summed E-state index contributed by atoms with van der Waals surface area (Å²) in [5, 5.41) is 1.28. The second-order valence-corrected chi connectivity index (χ2v) is 7.83. The van der Waals surface area contributed by atoms with Crippen molar-refractivity contribution in [3.05, 3.63) is 66.4 Å². The second-order valence-electron chi connectivity index (χ2n) is 7.83. The normalized spacial score (nSPS) is 17.8. The molecular weight excluding hydrogens is 332 g/mol. The minimum atomic E-state index is 0.896. The van der Waals surface area contributed by atoms with Gasteiger partial charge in [0.15, 0.2) is 0 Å². The van der Waals surface area contributed by atoms with E-state index in [4.69, 9.17) is 0 Å². The molecule has 0 N–H and O–H groups in total. The molecule has 1 aromatic heterocycles. The fourth-order valence-electron chi connectivity index (χ4n) is 4.31. The maximum Gasteiger partial charge on any atom is 0.0498 e. The van der Waals surface area contributed by atoms with Crippen LogP contribution in [0.5, 0.6) is 0 Å². The number of likely N-dealkylation sites (N-methyl/N-ethyl adjacent to an activating group) is 1. The Morgan fingerprint density at radius 1 is 0.852 bits per heavy atom. The molecule has 2 aliphatic heterocycles. The molecule has 0 amide bonds. The maximum atomic E-state index is 4.43. The lowest BCUT2D eigenvalue weighted by molar-refractivity contribution is 0.313. The summed E-state index contributed by atoms with van der Waals surface area (Å²) in [4.78, 5) is 7.22. The molecule has 0 bridgehead atoms. The molecule has 0 spiro atoms. The minimum absolute atomic E-state index is 0.896. The van der Waals surface area contributed by atoms with Gasteiger partial charge in [0, 0.05) is 74.1 Å². The fourth-order valence-corrected chi connectivity index (χ4v) is 4.31. The maximum absolute atomic E-state index is 4.43. The third-order valence-corrected chi connectivity index (χ3v) is 6.11. The van der Waals surface area contributed by atoms with E-state index in [0.29, 0.717) is 0 Å². The molecule has 3 heterocycles. The lowest BCUT2D eigenvalue weighted by Crippen LogP contribution is -2.44. The Morgan fingerprint density at radius 2 is 1.63 bits per heavy atom. The molecule has 4 nitrogen and oxygen atoms in total. The molecule has 0 aliphatic carbocycles. The fraction of sp³-hybridized carbons (Fsp3) is 0.304. The van der Waals surface area contributed by atoms with Gasteiger partial charge < -0.3 is 19.3 Å². The van der Waals surface area contributed by atoms with Crippen LogP contribution in [0.25, 0.3) is 16.6 Å². The zero-order valence-corrected chi connectivity index (χ0v) is 16.2. The lowest BCUT2D eigenvalue weighted by atomic mass is 10.1. The van der Waals surface area contributed by atoms with Crippen LogP contribution in [0.3, 0.4) is 0 Å². The van der Waals surface area contributed by atoms with Gasteiger partial charge in [0.1, 0.15) is 0 Å². The molecule has 0 saturated carbocycles. The van der Waals surface area contributed by atoms with Crippen molar-refractivity contribution in [3.63, 3.8) is 0 Å². The highest BCUT2D eigenvalue weighted by Crippen LogP contribution is 2.38. The van der Waals surface area contributed by atoms with Crippen molar-refractivity contribution in [1.29, 1.82) is 0 Å². The van der Waals surface area contributed by atoms with Gasteiger partial charge in [-0.25, -0.2) is 0 Å². The van der Waals surface area contributed by atoms with Crippen molar-refractivity contribution in [2.75, 3.05) is 43.0 Å². The molecular formula is C23H26N4. The smallest absolute Gasteiger partial charge is 0.0498 e. The van der Waals surface area contributed by atoms with E-state index in [9.17, 15) is 0 Å². The van der Waals surface area contributed by atoms with Gasteiger partial charge in [0.05, 0.1) is 0 Å². The van der Waals surface area contributed by atoms with Crippen LogP contribution in [-0.2, 0) is 13.6 Å². The van der Waals surface area contributed by atoms with E-state index in [1.165, 1.54) is 33.4 Å². The Kier molecular flexibility index (Phi) is 3.76. The first-order valence-electron chi connectivity index (χ1n) is 9.68. The first kappa shape index (κ1) is 16.5. The summed E-state index contributed by atoms with van der Waals surface area (Å²) in [6.45, 7) is 9.77. The van der Waals surface area contributed by atoms with Crippen LogP contribution in [0, 0.1) is 0 Å². The average molecular weight is 358 g/mol. The first-order valence-corrected chi connectivity index (χ1v) is 9.68. The van der Waals surface area contributed by atoms with E-state index in [0.717, 1.165) is 38.4 Å². The van der Waals surface area contributed by atoms with E-state index in [-0.39, 0.29) is 0 Å². The van der Waals surface area contributed by atoms with Gasteiger partial charge in [0.2, 0.25) is 0 Å². The van der Waals surface area contributed by atoms with E-state index < -0.39 is 0 Å². The predicted octanol–water partition coefficient (Wildman–Crippen LogP) is 3.92. The Labute approximate surface area is 160 Å². The molecule has 0 radical (unpaired) electrons. The van der Waals surface area contributed by atoms with Crippen LogP contribution in [0.1, 0.15) is 11.1 Å². The van der Waals surface area contributed by atoms with E-state index >= 15 is 0 Å². The second kappa shape index (κ2) is 6.17. The number of aromatic nitrogens is 1. The molecule has 2 aromatic carbocycles. The monoisotopic (exact) mass is 358 g/mol. The van der Waals surface area contributed by atoms with E-state index in [1.54, 1.807) is 0 Å². The molecule has 4 heteroatoms. The number of piperazine rings is 1. The van der Waals surface area contributed by atoms with Crippen LogP contribution in [-0.4, -0.2) is 42.7 Å². The Balaban J connectivity index is 1.45. The molecule has 3 aromatic rings. The number of hydrogen-bond acceptors (Lipinski definition) is 3. The first-order chi connectivity index (χ1) is 13.1. The number of nitrogens with zero attached hydrogens (tertiary/aromatic N) is 4. The number of anilines is 2. The Bertz CT molecular complexity index is 1020. The largest absolute Gasteiger partial charge is 0.369 e. The van der Waals surface area contributed by atoms with Crippen molar-refractivity contribution in [3.8, 4) is 0 Å². The number of aryl methyl sites for hydroxylation is 1. The Hall–Kier alpha value is -2.72. The molecule has 138 valence electrons. The van der Waals surface area contributed by atoms with Gasteiger partial charge in [-0.05, 0) is 48.3 Å². The van der Waals surface area contributed by atoms with E-state index in [2.05, 4.69) is 88.6 Å². The van der Waals surface area contributed by atoms with Gasteiger partial charge in [-0.2, -0.15) is 0 Å². The minimum Gasteiger partial charge on any atom is -0.369 e. The number of fused-ring (bicyclic) bond motifs is 2. The van der Waals surface area contributed by atoms with E-state index in [1.807, 2.05) is 0 Å². The molecule has 27 heavy (non-hydrogen) atoms. The zero-order valence-electron chi connectivity index (χ0n) is 16.2. The number of rotatable bonds is 2. The van der Waals surface area contributed by atoms with Crippen molar-refractivity contribution in [2.24, 2.45) is 7.05 Å². The summed E-state index contributed by atoms with van der Waals surface area (Å²) in [6, 6.07) is 15.8. The third kappa shape index (κ3) is 2.72. The highest BCUT2D eigenvalue weighted by Gasteiger charge is 2.25. The molecule has 2 aliphatic rings. The summed E-state index contributed by atoms with van der Waals surface area (Å²) in [5.41, 5.74) is 7.56. The summed E-state index contributed by atoms with van der Waals surface area (Å²) in [6.07, 6.45) is 2.12. The molecule has 0 atom stereocenters. The molecule has 5 rings (SSSR count). The van der Waals surface area contributed by atoms with Crippen LogP contribution in [0.4, 0.5) is 11.4 Å². The van der Waals surface area contributed by atoms with Crippen LogP contribution < -0.4 is 9.80 Å². The standard InChI is InChI=1S/C23H26N4/c1-17-22-14-20(26-12-10-24(2)11-13-26)6-5-19(22)16-27(17)21-7-4-18-8-9-25(3)23(18)15-21/h4-9,14-15H,1,10-13,16H2,2-3H3. The van der Waals surface area contributed by atoms with Crippen LogP contribution in [0.2, 0.25) is 0 Å². The summed E-state index contributed by atoms with van der Waals surface area (Å²) in [5.74, 6) is 0. The molecule has 1 saturated heterocycles. The summed E-state index contributed by atoms with van der Waals surface area (Å²) >= 11 is 0. The van der Waals surface area contributed by atoms with Gasteiger partial charge in [-0.3, -0.25) is 0 Å². The highest BCUT2D eigenvalue weighted by molar-refractivity contribution is 5.90. The lowest BCUT2D eigenvalue weighted by Gasteiger charge is -2.34. The Morgan fingerprint density at radius 3 is 2.44 bits per heavy atom. The van der Waals surface area contributed by atoms with Gasteiger partial charge in [0.25, 0.3) is 0 Å². The van der Waals surface area contributed by atoms with Crippen LogP contribution in [0.15, 0.2) is 55.2 Å². The quantitative estimate of drug-likeness (QED) is 0.690. The van der Waals surface area contributed by atoms with Crippen molar-refractivity contribution < 1.29 is 0 Å². The SMILES string of the molecule is C=C1c2cc(N3CCN(C)CC3)ccc2CN1c1ccc2ccn(C)c2c1. The summed E-state index contributed by atoms with van der Waals surface area (Å²) < 4.78 is 2.18. The van der Waals surface area contributed by atoms with Crippen molar-refractivity contribution in [2.45, 2.75) is 6.54 Å². The predicted molar refractivity (Wildman–Crippen MR) is 114 cm³/mol. The number of benzene rings is 2. The average Bonchev–Trinajstić information content (AvgIpc) is 3.22. The van der Waals surface area contributed by atoms with Crippen molar-refractivity contribution >= 4 is 28.0 Å². The van der Waals surface area contributed by atoms with Crippen LogP contribution >= 0.6 is 0 Å². The number of hydrogen-bond donors (Lipinski definition) is 0. The zero-order chi connectivity index (χ0) is 18.5. The summed E-state index contributed by atoms with van der Waals surface area (Å²) in [7, 11) is 4.30. The molecule has 1 fully saturated rings. The van der Waals surface area contributed by atoms with Gasteiger partial charge in [-0.15, -0.1) is 0 Å². The third-order valence-electron chi connectivity index (χ3n) is 6.11.